The number of likely N-dealkylation sites (N-methyl/N-ethyl adjacent to an activating group) is 1. The van der Waals surface area contributed by atoms with E-state index in [0.29, 0.717) is 13.0 Å². The molecule has 1 heterocycles. The van der Waals surface area contributed by atoms with Gasteiger partial charge in [-0.3, -0.25) is 0 Å². The van der Waals surface area contributed by atoms with E-state index in [1.807, 2.05) is 55.6 Å². The normalized spacial score (nSPS) is 16.6. The molecule has 1 atom stereocenters. The third-order valence-corrected chi connectivity index (χ3v) is 3.85. The van der Waals surface area contributed by atoms with E-state index in [9.17, 15) is 9.90 Å². The molecule has 0 aliphatic carbocycles. The molecule has 21 heavy (non-hydrogen) atoms. The highest BCUT2D eigenvalue weighted by molar-refractivity contribution is 5.82. The molecule has 108 valence electrons. The molecule has 0 radical (unpaired) electrons. The molecule has 1 unspecified atom stereocenters. The summed E-state index contributed by atoms with van der Waals surface area (Å²) in [7, 11) is 1.81. The Labute approximate surface area is 123 Å². The van der Waals surface area contributed by atoms with Crippen molar-refractivity contribution in [3.05, 3.63) is 59.7 Å². The summed E-state index contributed by atoms with van der Waals surface area (Å²) in [5.41, 5.74) is 3.10. The first-order valence-corrected chi connectivity index (χ1v) is 6.90. The summed E-state index contributed by atoms with van der Waals surface area (Å²) < 4.78 is 5.78. The Balaban J connectivity index is 1.73. The van der Waals surface area contributed by atoms with E-state index >= 15 is 0 Å². The predicted octanol–water partition coefficient (Wildman–Crippen LogP) is 2.71. The minimum atomic E-state index is -0.791. The fraction of sp³-hybridized carbons (Fsp3) is 0.235. The Morgan fingerprint density at radius 2 is 2.05 bits per heavy atom. The van der Waals surface area contributed by atoms with Crippen molar-refractivity contribution >= 4 is 11.7 Å². The molecular formula is C17H17NO3. The Morgan fingerprint density at radius 1 is 1.29 bits per heavy atom. The maximum absolute atomic E-state index is 11.2. The summed E-state index contributed by atoms with van der Waals surface area (Å²) in [6.45, 7) is 0.512. The first-order chi connectivity index (χ1) is 10.1. The molecule has 1 aliphatic rings. The average Bonchev–Trinajstić information content (AvgIpc) is 2.83. The number of aliphatic carboxylic acids is 1. The van der Waals surface area contributed by atoms with Crippen molar-refractivity contribution in [2.24, 2.45) is 0 Å². The summed E-state index contributed by atoms with van der Waals surface area (Å²) in [4.78, 5) is 13.0. The highest BCUT2D eigenvalue weighted by Crippen LogP contribution is 2.33. The summed E-state index contributed by atoms with van der Waals surface area (Å²) in [6, 6.07) is 15.2. The van der Waals surface area contributed by atoms with Crippen LogP contribution in [-0.4, -0.2) is 24.2 Å². The molecule has 0 aromatic heterocycles. The van der Waals surface area contributed by atoms with Gasteiger partial charge in [0.1, 0.15) is 18.4 Å². The van der Waals surface area contributed by atoms with Crippen LogP contribution in [0.2, 0.25) is 0 Å². The fourth-order valence-corrected chi connectivity index (χ4v) is 2.67. The second kappa shape index (κ2) is 5.48. The van der Waals surface area contributed by atoms with Crippen molar-refractivity contribution in [1.82, 2.24) is 0 Å². The van der Waals surface area contributed by atoms with Gasteiger partial charge in [-0.25, -0.2) is 4.79 Å². The van der Waals surface area contributed by atoms with Gasteiger partial charge >= 0.3 is 5.97 Å². The number of nitrogens with zero attached hydrogens (tertiary/aromatic N) is 1. The number of carboxylic acid groups (broad SMARTS) is 1. The number of carbonyl (C=O) groups is 1. The van der Waals surface area contributed by atoms with Crippen molar-refractivity contribution in [2.75, 3.05) is 11.9 Å². The molecule has 4 nitrogen and oxygen atoms in total. The molecule has 0 bridgehead atoms. The van der Waals surface area contributed by atoms with Gasteiger partial charge < -0.3 is 14.7 Å². The van der Waals surface area contributed by atoms with Crippen molar-refractivity contribution < 1.29 is 14.6 Å². The molecule has 2 aromatic carbocycles. The Morgan fingerprint density at radius 3 is 2.76 bits per heavy atom. The smallest absolute Gasteiger partial charge is 0.326 e. The van der Waals surface area contributed by atoms with Gasteiger partial charge in [0.05, 0.1) is 0 Å². The van der Waals surface area contributed by atoms with Crippen LogP contribution in [0.25, 0.3) is 0 Å². The van der Waals surface area contributed by atoms with E-state index < -0.39 is 12.0 Å². The third kappa shape index (κ3) is 2.70. The third-order valence-electron chi connectivity index (χ3n) is 3.85. The van der Waals surface area contributed by atoms with Crippen molar-refractivity contribution in [1.29, 1.82) is 0 Å². The van der Waals surface area contributed by atoms with Crippen LogP contribution in [0.5, 0.6) is 5.75 Å². The monoisotopic (exact) mass is 283 g/mol. The summed E-state index contributed by atoms with van der Waals surface area (Å²) in [5.74, 6) is -0.0162. The largest absolute Gasteiger partial charge is 0.489 e. The van der Waals surface area contributed by atoms with Gasteiger partial charge in [-0.05, 0) is 29.3 Å². The lowest BCUT2D eigenvalue weighted by Gasteiger charge is -2.18. The van der Waals surface area contributed by atoms with Gasteiger partial charge in [-0.1, -0.05) is 30.3 Å². The van der Waals surface area contributed by atoms with Crippen molar-refractivity contribution in [3.8, 4) is 5.75 Å². The number of fused-ring (bicyclic) bond motifs is 1. The number of rotatable bonds is 4. The molecule has 0 saturated heterocycles. The van der Waals surface area contributed by atoms with Crippen LogP contribution >= 0.6 is 0 Å². The average molecular weight is 283 g/mol. The van der Waals surface area contributed by atoms with E-state index in [-0.39, 0.29) is 0 Å². The van der Waals surface area contributed by atoms with Gasteiger partial charge in [-0.2, -0.15) is 0 Å². The molecule has 0 saturated carbocycles. The van der Waals surface area contributed by atoms with Gasteiger partial charge in [0.2, 0.25) is 0 Å². The highest BCUT2D eigenvalue weighted by atomic mass is 16.5. The lowest BCUT2D eigenvalue weighted by Crippen LogP contribution is -2.35. The number of carboxylic acids is 1. The summed E-state index contributed by atoms with van der Waals surface area (Å²) >= 11 is 0. The zero-order chi connectivity index (χ0) is 14.8. The number of hydrogen-bond donors (Lipinski definition) is 1. The second-order valence-electron chi connectivity index (χ2n) is 5.23. The van der Waals surface area contributed by atoms with Crippen LogP contribution in [0.4, 0.5) is 5.69 Å². The minimum Gasteiger partial charge on any atom is -0.489 e. The molecular weight excluding hydrogens is 266 g/mol. The Bertz CT molecular complexity index is 654. The van der Waals surface area contributed by atoms with Gasteiger partial charge in [0.25, 0.3) is 0 Å². The van der Waals surface area contributed by atoms with Gasteiger partial charge in [0, 0.05) is 19.2 Å². The number of hydrogen-bond acceptors (Lipinski definition) is 3. The summed E-state index contributed by atoms with van der Waals surface area (Å²) in [6.07, 6.45) is 0.518. The standard InChI is InChI=1S/C17H17NO3/c1-18-15-8-7-14(9-13(15)10-16(18)17(19)20)21-11-12-5-3-2-4-6-12/h2-9,16H,10-11H2,1H3,(H,19,20). The molecule has 2 aromatic rings. The zero-order valence-electron chi connectivity index (χ0n) is 11.8. The molecule has 4 heteroatoms. The minimum absolute atomic E-state index is 0.482. The maximum Gasteiger partial charge on any atom is 0.326 e. The molecule has 1 N–H and O–H groups in total. The predicted molar refractivity (Wildman–Crippen MR) is 80.7 cm³/mol. The molecule has 0 amide bonds. The fourth-order valence-electron chi connectivity index (χ4n) is 2.67. The van der Waals surface area contributed by atoms with E-state index in [1.165, 1.54) is 0 Å². The van der Waals surface area contributed by atoms with E-state index in [0.717, 1.165) is 22.6 Å². The van der Waals surface area contributed by atoms with Gasteiger partial charge in [-0.15, -0.1) is 0 Å². The van der Waals surface area contributed by atoms with Crippen molar-refractivity contribution in [3.63, 3.8) is 0 Å². The zero-order valence-corrected chi connectivity index (χ0v) is 11.8. The molecule has 0 fully saturated rings. The maximum atomic E-state index is 11.2. The van der Waals surface area contributed by atoms with Crippen LogP contribution in [-0.2, 0) is 17.8 Å². The molecule has 3 rings (SSSR count). The first-order valence-electron chi connectivity index (χ1n) is 6.90. The Kier molecular flexibility index (Phi) is 3.52. The van der Waals surface area contributed by atoms with Crippen LogP contribution in [0.3, 0.4) is 0 Å². The quantitative estimate of drug-likeness (QED) is 0.937. The molecule has 1 aliphatic heterocycles. The second-order valence-corrected chi connectivity index (χ2v) is 5.23. The van der Waals surface area contributed by atoms with Crippen molar-refractivity contribution in [2.45, 2.75) is 19.1 Å². The van der Waals surface area contributed by atoms with Crippen LogP contribution < -0.4 is 9.64 Å². The van der Waals surface area contributed by atoms with E-state index in [4.69, 9.17) is 4.74 Å². The lowest BCUT2D eigenvalue weighted by molar-refractivity contribution is -0.138. The summed E-state index contributed by atoms with van der Waals surface area (Å²) in [5, 5.41) is 9.20. The van der Waals surface area contributed by atoms with E-state index in [2.05, 4.69) is 0 Å². The number of ether oxygens (including phenoxy) is 1. The number of benzene rings is 2. The highest BCUT2D eigenvalue weighted by Gasteiger charge is 2.31. The van der Waals surface area contributed by atoms with Gasteiger partial charge in [0.15, 0.2) is 0 Å². The van der Waals surface area contributed by atoms with Crippen LogP contribution in [0.15, 0.2) is 48.5 Å². The number of anilines is 1. The van der Waals surface area contributed by atoms with Crippen LogP contribution in [0, 0.1) is 0 Å². The first kappa shape index (κ1) is 13.5. The van der Waals surface area contributed by atoms with E-state index in [1.54, 1.807) is 4.90 Å². The SMILES string of the molecule is CN1c2ccc(OCc3ccccc3)cc2CC1C(=O)O. The topological polar surface area (TPSA) is 49.8 Å². The van der Waals surface area contributed by atoms with Crippen LogP contribution in [0.1, 0.15) is 11.1 Å². The Hall–Kier alpha value is -2.49. The lowest BCUT2D eigenvalue weighted by atomic mass is 10.1. The molecule has 0 spiro atoms.